The van der Waals surface area contributed by atoms with Crippen molar-refractivity contribution in [2.45, 2.75) is 13.0 Å². The van der Waals surface area contributed by atoms with Crippen LogP contribution in [0.15, 0.2) is 30.6 Å². The summed E-state index contributed by atoms with van der Waals surface area (Å²) in [6.45, 7) is 4.45. The zero-order chi connectivity index (χ0) is 22.0. The molecule has 3 heterocycles. The summed E-state index contributed by atoms with van der Waals surface area (Å²) in [7, 11) is -1.53. The van der Waals surface area contributed by atoms with E-state index < -0.39 is 10.0 Å². The van der Waals surface area contributed by atoms with E-state index >= 15 is 0 Å². The maximum atomic E-state index is 11.7. The Balaban J connectivity index is 1.58. The van der Waals surface area contributed by atoms with E-state index in [0.29, 0.717) is 44.2 Å². The largest absolute Gasteiger partial charge is 0.488 e. The van der Waals surface area contributed by atoms with Crippen molar-refractivity contribution in [2.24, 2.45) is 0 Å². The molecule has 11 heteroatoms. The van der Waals surface area contributed by atoms with Crippen molar-refractivity contribution in [3.63, 3.8) is 0 Å². The highest BCUT2D eigenvalue weighted by molar-refractivity contribution is 7.88. The number of benzene rings is 1. The number of nitrogens with zero attached hydrogens (tertiary/aromatic N) is 5. The number of piperazine rings is 1. The van der Waals surface area contributed by atoms with Crippen LogP contribution in [-0.2, 0) is 14.8 Å². The predicted octanol–water partition coefficient (Wildman–Crippen LogP) is 1.52. The second-order valence-electron chi connectivity index (χ2n) is 7.57. The molecule has 4 rings (SSSR count). The van der Waals surface area contributed by atoms with Crippen LogP contribution in [0.5, 0.6) is 5.75 Å². The second-order valence-corrected chi connectivity index (χ2v) is 9.56. The van der Waals surface area contributed by atoms with Crippen LogP contribution < -0.4 is 9.64 Å². The minimum Gasteiger partial charge on any atom is -0.488 e. The molecule has 1 atom stereocenters. The topological polar surface area (TPSA) is 114 Å². The van der Waals surface area contributed by atoms with Gasteiger partial charge in [0.15, 0.2) is 0 Å². The molecule has 0 aliphatic carbocycles. The number of hydrogen-bond donors (Lipinski definition) is 1. The average molecular weight is 447 g/mol. The zero-order valence-electron chi connectivity index (χ0n) is 17.8. The Hall–Kier alpha value is -2.76. The van der Waals surface area contributed by atoms with Crippen molar-refractivity contribution in [2.75, 3.05) is 51.1 Å². The first-order valence-corrected chi connectivity index (χ1v) is 11.9. The molecular weight excluding hydrogens is 420 g/mol. The number of nitrogens with one attached hydrogen (secondary N) is 1. The normalized spacial score (nSPS) is 16.5. The van der Waals surface area contributed by atoms with Crippen LogP contribution in [-0.4, -0.2) is 85.1 Å². The first-order chi connectivity index (χ1) is 14.8. The van der Waals surface area contributed by atoms with Crippen LogP contribution in [0.25, 0.3) is 22.3 Å². The molecule has 1 saturated heterocycles. The number of hydrogen-bond acceptors (Lipinski definition) is 8. The summed E-state index contributed by atoms with van der Waals surface area (Å²) >= 11 is 0. The van der Waals surface area contributed by atoms with Gasteiger partial charge in [0.25, 0.3) is 0 Å². The van der Waals surface area contributed by atoms with Gasteiger partial charge in [-0.05, 0) is 25.1 Å². The third-order valence-electron chi connectivity index (χ3n) is 5.20. The fourth-order valence-electron chi connectivity index (χ4n) is 3.66. The molecule has 1 aliphatic heterocycles. The van der Waals surface area contributed by atoms with Crippen molar-refractivity contribution < 1.29 is 17.9 Å². The molecule has 0 amide bonds. The number of H-pyrrole nitrogens is 1. The van der Waals surface area contributed by atoms with Crippen LogP contribution >= 0.6 is 0 Å². The Morgan fingerprint density at radius 1 is 1.16 bits per heavy atom. The fourth-order valence-corrected chi connectivity index (χ4v) is 4.49. The Morgan fingerprint density at radius 2 is 1.94 bits per heavy atom. The summed E-state index contributed by atoms with van der Waals surface area (Å²) in [6.07, 6.45) is 2.67. The highest BCUT2D eigenvalue weighted by atomic mass is 32.2. The minimum absolute atomic E-state index is 0.0749. The molecule has 0 spiro atoms. The second kappa shape index (κ2) is 8.77. The summed E-state index contributed by atoms with van der Waals surface area (Å²) < 4.78 is 36.0. The van der Waals surface area contributed by atoms with Crippen LogP contribution in [0, 0.1) is 0 Å². The van der Waals surface area contributed by atoms with Crippen molar-refractivity contribution in [1.82, 2.24) is 24.5 Å². The van der Waals surface area contributed by atoms with Gasteiger partial charge in [-0.25, -0.2) is 18.4 Å². The molecule has 0 bridgehead atoms. The maximum absolute atomic E-state index is 11.7. The predicted molar refractivity (Wildman–Crippen MR) is 118 cm³/mol. The number of aromatic amines is 1. The maximum Gasteiger partial charge on any atom is 0.211 e. The molecule has 0 unspecified atom stereocenters. The molecule has 1 aliphatic rings. The van der Waals surface area contributed by atoms with Gasteiger partial charge in [0, 0.05) is 44.7 Å². The van der Waals surface area contributed by atoms with E-state index in [1.165, 1.54) is 16.9 Å². The summed E-state index contributed by atoms with van der Waals surface area (Å²) in [6, 6.07) is 7.64. The number of fused-ring (bicyclic) bond motifs is 1. The highest BCUT2D eigenvalue weighted by Gasteiger charge is 2.24. The van der Waals surface area contributed by atoms with Crippen LogP contribution in [0.3, 0.4) is 0 Å². The van der Waals surface area contributed by atoms with E-state index in [1.54, 1.807) is 7.11 Å². The molecular formula is C20H26N6O4S. The van der Waals surface area contributed by atoms with Crippen LogP contribution in [0.1, 0.15) is 6.92 Å². The van der Waals surface area contributed by atoms with E-state index in [4.69, 9.17) is 9.47 Å². The average Bonchev–Trinajstić information content (AvgIpc) is 3.17. The van der Waals surface area contributed by atoms with E-state index in [0.717, 1.165) is 22.5 Å². The Kier molecular flexibility index (Phi) is 6.08. The molecule has 0 saturated carbocycles. The lowest BCUT2D eigenvalue weighted by Crippen LogP contribution is -2.48. The van der Waals surface area contributed by atoms with Crippen LogP contribution in [0.2, 0.25) is 0 Å². The standard InChI is InChI=1S/C20H26N6O4S/c1-14(12-29-2)30-15-4-5-17-16(10-15)20(24-23-17)18-11-19(22-13-21-18)25-6-8-26(9-7-25)31(3,27)28/h4-5,10-11,13-14H,6-9,12H2,1-3H3,(H,23,24)/t14-/m0/s1. The number of anilines is 1. The summed E-state index contributed by atoms with van der Waals surface area (Å²) in [5.41, 5.74) is 2.27. The smallest absolute Gasteiger partial charge is 0.211 e. The molecule has 10 nitrogen and oxygen atoms in total. The van der Waals surface area contributed by atoms with Gasteiger partial charge >= 0.3 is 0 Å². The Bertz CT molecular complexity index is 1160. The summed E-state index contributed by atoms with van der Waals surface area (Å²) in [5, 5.41) is 8.38. The molecule has 2 aromatic heterocycles. The molecule has 1 N–H and O–H groups in total. The third kappa shape index (κ3) is 4.78. The van der Waals surface area contributed by atoms with Gasteiger partial charge in [0.1, 0.15) is 29.7 Å². The molecule has 1 aromatic carbocycles. The first-order valence-electron chi connectivity index (χ1n) is 10.0. The summed E-state index contributed by atoms with van der Waals surface area (Å²) in [5.74, 6) is 1.47. The monoisotopic (exact) mass is 446 g/mol. The van der Waals surface area contributed by atoms with Gasteiger partial charge in [-0.1, -0.05) is 0 Å². The SMILES string of the molecule is COC[C@H](C)Oc1ccc2[nH]nc(-c3cc(N4CCN(S(C)(=O)=O)CC4)ncn3)c2c1. The van der Waals surface area contributed by atoms with Gasteiger partial charge < -0.3 is 14.4 Å². The van der Waals surface area contributed by atoms with Gasteiger partial charge in [-0.2, -0.15) is 9.40 Å². The number of sulfonamides is 1. The molecule has 166 valence electrons. The lowest BCUT2D eigenvalue weighted by molar-refractivity contribution is 0.0922. The lowest BCUT2D eigenvalue weighted by atomic mass is 10.1. The van der Waals surface area contributed by atoms with E-state index in [1.807, 2.05) is 31.2 Å². The Morgan fingerprint density at radius 3 is 2.65 bits per heavy atom. The zero-order valence-corrected chi connectivity index (χ0v) is 18.6. The van der Waals surface area contributed by atoms with Gasteiger partial charge in [-0.15, -0.1) is 0 Å². The highest BCUT2D eigenvalue weighted by Crippen LogP contribution is 2.30. The number of aromatic nitrogens is 4. The molecule has 31 heavy (non-hydrogen) atoms. The van der Waals surface area contributed by atoms with E-state index in [-0.39, 0.29) is 6.10 Å². The van der Waals surface area contributed by atoms with Gasteiger partial charge in [-0.3, -0.25) is 5.10 Å². The van der Waals surface area contributed by atoms with Crippen molar-refractivity contribution in [3.05, 3.63) is 30.6 Å². The van der Waals surface area contributed by atoms with Crippen molar-refractivity contribution in [3.8, 4) is 17.1 Å². The van der Waals surface area contributed by atoms with E-state index in [9.17, 15) is 8.42 Å². The fraction of sp³-hybridized carbons (Fsp3) is 0.450. The lowest BCUT2D eigenvalue weighted by Gasteiger charge is -2.33. The quantitative estimate of drug-likeness (QED) is 0.581. The minimum atomic E-state index is -3.18. The summed E-state index contributed by atoms with van der Waals surface area (Å²) in [4.78, 5) is 10.9. The van der Waals surface area contributed by atoms with Crippen molar-refractivity contribution in [1.29, 1.82) is 0 Å². The first kappa shape index (κ1) is 21.5. The number of methoxy groups -OCH3 is 1. The molecule has 1 fully saturated rings. The van der Waals surface area contributed by atoms with Crippen LogP contribution in [0.4, 0.5) is 5.82 Å². The van der Waals surface area contributed by atoms with Gasteiger partial charge in [0.05, 0.1) is 24.1 Å². The molecule has 3 aromatic rings. The van der Waals surface area contributed by atoms with Crippen molar-refractivity contribution >= 4 is 26.7 Å². The van der Waals surface area contributed by atoms with Gasteiger partial charge in [0.2, 0.25) is 10.0 Å². The molecule has 0 radical (unpaired) electrons. The Labute approximate surface area is 181 Å². The van der Waals surface area contributed by atoms with E-state index in [2.05, 4.69) is 25.1 Å². The number of ether oxygens (including phenoxy) is 2. The third-order valence-corrected chi connectivity index (χ3v) is 6.50. The number of rotatable bonds is 7.